The molecule has 1 aromatic rings. The molecule has 1 N–H and O–H groups in total. The van der Waals surface area contributed by atoms with Crippen molar-refractivity contribution in [2.45, 2.75) is 25.9 Å². The summed E-state index contributed by atoms with van der Waals surface area (Å²) in [4.78, 5) is 14.4. The van der Waals surface area contributed by atoms with Gasteiger partial charge in [-0.25, -0.2) is 4.68 Å². The predicted octanol–water partition coefficient (Wildman–Crippen LogP) is 1.38. The fourth-order valence-electron chi connectivity index (χ4n) is 2.44. The zero-order valence-corrected chi connectivity index (χ0v) is 12.7. The quantitative estimate of drug-likeness (QED) is 0.830. The summed E-state index contributed by atoms with van der Waals surface area (Å²) in [6.45, 7) is 8.99. The lowest BCUT2D eigenvalue weighted by atomic mass is 10.2. The van der Waals surface area contributed by atoms with Crippen molar-refractivity contribution >= 4 is 21.6 Å². The number of halogens is 1. The summed E-state index contributed by atoms with van der Waals surface area (Å²) in [7, 11) is 0. The van der Waals surface area contributed by atoms with Crippen molar-refractivity contribution in [1.29, 1.82) is 0 Å². The first-order valence-electron chi connectivity index (χ1n) is 6.53. The van der Waals surface area contributed by atoms with Gasteiger partial charge in [-0.1, -0.05) is 6.08 Å². The average Bonchev–Trinajstić information content (AvgIpc) is 2.92. The summed E-state index contributed by atoms with van der Waals surface area (Å²) in [6, 6.07) is 0.428. The summed E-state index contributed by atoms with van der Waals surface area (Å²) < 4.78 is 1.99. The molecular formula is C13H19BrN4O. The van der Waals surface area contributed by atoms with E-state index in [0.717, 1.165) is 31.7 Å². The van der Waals surface area contributed by atoms with E-state index in [4.69, 9.17) is 0 Å². The van der Waals surface area contributed by atoms with Crippen molar-refractivity contribution in [3.05, 3.63) is 33.7 Å². The minimum absolute atomic E-state index is 0.109. The number of hydrogen-bond acceptors (Lipinski definition) is 4. The van der Waals surface area contributed by atoms with Gasteiger partial charge in [0.25, 0.3) is 5.56 Å². The summed E-state index contributed by atoms with van der Waals surface area (Å²) in [5, 5.41) is 7.56. The largest absolute Gasteiger partial charge is 0.365 e. The van der Waals surface area contributed by atoms with E-state index < -0.39 is 0 Å². The number of nitrogens with zero attached hydrogens (tertiary/aromatic N) is 3. The Hall–Kier alpha value is -1.14. The van der Waals surface area contributed by atoms with Gasteiger partial charge in [-0.3, -0.25) is 4.79 Å². The molecule has 104 valence electrons. The molecule has 5 nitrogen and oxygen atoms in total. The van der Waals surface area contributed by atoms with Gasteiger partial charge in [-0.15, -0.1) is 6.58 Å². The van der Waals surface area contributed by atoms with Crippen LogP contribution in [0.2, 0.25) is 0 Å². The number of aromatic nitrogens is 2. The highest BCUT2D eigenvalue weighted by atomic mass is 79.9. The molecule has 0 aromatic carbocycles. The van der Waals surface area contributed by atoms with E-state index >= 15 is 0 Å². The highest BCUT2D eigenvalue weighted by Gasteiger charge is 2.24. The van der Waals surface area contributed by atoms with Crippen molar-refractivity contribution in [3.8, 4) is 0 Å². The standard InChI is InChI=1S/C13H19BrN4O/c1-3-7-18-13(19)12(14)11(9-16-18)17(4-2)10-5-6-15-8-10/h3,9-10,15H,1,4-8H2,2H3. The topological polar surface area (TPSA) is 50.2 Å². The van der Waals surface area contributed by atoms with Gasteiger partial charge in [0.2, 0.25) is 0 Å². The van der Waals surface area contributed by atoms with E-state index in [1.54, 1.807) is 12.3 Å². The van der Waals surface area contributed by atoms with Gasteiger partial charge in [-0.2, -0.15) is 5.10 Å². The van der Waals surface area contributed by atoms with Gasteiger partial charge in [0.05, 0.1) is 18.4 Å². The van der Waals surface area contributed by atoms with E-state index in [2.05, 4.69) is 44.7 Å². The normalized spacial score (nSPS) is 18.5. The Labute approximate surface area is 121 Å². The van der Waals surface area contributed by atoms with Gasteiger partial charge in [0, 0.05) is 19.1 Å². The maximum atomic E-state index is 12.2. The summed E-state index contributed by atoms with van der Waals surface area (Å²) >= 11 is 3.42. The number of likely N-dealkylation sites (N-methyl/N-ethyl adjacent to an activating group) is 1. The molecule has 2 heterocycles. The smallest absolute Gasteiger partial charge is 0.283 e. The van der Waals surface area contributed by atoms with Crippen molar-refractivity contribution < 1.29 is 0 Å². The molecule has 1 fully saturated rings. The lowest BCUT2D eigenvalue weighted by Crippen LogP contribution is -2.38. The Kier molecular flexibility index (Phi) is 4.76. The Morgan fingerprint density at radius 1 is 1.74 bits per heavy atom. The second-order valence-corrected chi connectivity index (χ2v) is 5.35. The van der Waals surface area contributed by atoms with E-state index in [-0.39, 0.29) is 5.56 Å². The van der Waals surface area contributed by atoms with Crippen LogP contribution in [0.3, 0.4) is 0 Å². The van der Waals surface area contributed by atoms with Gasteiger partial charge in [0.1, 0.15) is 4.47 Å². The molecule has 0 bridgehead atoms. The van der Waals surface area contributed by atoms with E-state index in [1.165, 1.54) is 4.68 Å². The van der Waals surface area contributed by atoms with Crippen LogP contribution >= 0.6 is 15.9 Å². The van der Waals surface area contributed by atoms with Crippen LogP contribution in [0.5, 0.6) is 0 Å². The summed E-state index contributed by atoms with van der Waals surface area (Å²) in [6.07, 6.45) is 4.52. The number of rotatable bonds is 5. The Morgan fingerprint density at radius 3 is 3.11 bits per heavy atom. The maximum absolute atomic E-state index is 12.2. The molecule has 0 saturated carbocycles. The molecule has 1 atom stereocenters. The number of allylic oxidation sites excluding steroid dienone is 1. The molecule has 1 unspecified atom stereocenters. The Balaban J connectivity index is 2.35. The van der Waals surface area contributed by atoms with E-state index in [1.807, 2.05) is 0 Å². The highest BCUT2D eigenvalue weighted by molar-refractivity contribution is 9.10. The van der Waals surface area contributed by atoms with Gasteiger partial charge in [-0.05, 0) is 35.8 Å². The zero-order valence-electron chi connectivity index (χ0n) is 11.1. The lowest BCUT2D eigenvalue weighted by Gasteiger charge is -2.29. The van der Waals surface area contributed by atoms with Crippen LogP contribution < -0.4 is 15.8 Å². The monoisotopic (exact) mass is 326 g/mol. The predicted molar refractivity (Wildman–Crippen MR) is 80.7 cm³/mol. The molecule has 1 aromatic heterocycles. The van der Waals surface area contributed by atoms with Crippen LogP contribution in [0.1, 0.15) is 13.3 Å². The summed E-state index contributed by atoms with van der Waals surface area (Å²) in [5.74, 6) is 0. The first-order chi connectivity index (χ1) is 9.19. The van der Waals surface area contributed by atoms with Crippen LogP contribution in [-0.2, 0) is 6.54 Å². The maximum Gasteiger partial charge on any atom is 0.283 e. The van der Waals surface area contributed by atoms with Crippen LogP contribution in [0.4, 0.5) is 5.69 Å². The number of hydrogen-bond donors (Lipinski definition) is 1. The molecule has 1 saturated heterocycles. The van der Waals surface area contributed by atoms with Crippen molar-refractivity contribution in [3.63, 3.8) is 0 Å². The van der Waals surface area contributed by atoms with Gasteiger partial charge < -0.3 is 10.2 Å². The number of nitrogens with one attached hydrogen (secondary N) is 1. The second-order valence-electron chi connectivity index (χ2n) is 4.55. The van der Waals surface area contributed by atoms with Crippen LogP contribution in [-0.4, -0.2) is 35.5 Å². The fraction of sp³-hybridized carbons (Fsp3) is 0.538. The SMILES string of the molecule is C=CCn1ncc(N(CC)C2CCNC2)c(Br)c1=O. The molecule has 1 aliphatic heterocycles. The first kappa shape index (κ1) is 14.3. The van der Waals surface area contributed by atoms with Crippen molar-refractivity contribution in [1.82, 2.24) is 15.1 Å². The fourth-order valence-corrected chi connectivity index (χ4v) is 2.97. The van der Waals surface area contributed by atoms with Crippen molar-refractivity contribution in [2.24, 2.45) is 0 Å². The van der Waals surface area contributed by atoms with Gasteiger partial charge >= 0.3 is 0 Å². The van der Waals surface area contributed by atoms with Gasteiger partial charge in [0.15, 0.2) is 0 Å². The lowest BCUT2D eigenvalue weighted by molar-refractivity contribution is 0.619. The third kappa shape index (κ3) is 2.90. The molecule has 0 radical (unpaired) electrons. The van der Waals surface area contributed by atoms with Crippen LogP contribution in [0.15, 0.2) is 28.1 Å². The van der Waals surface area contributed by atoms with Crippen LogP contribution in [0, 0.1) is 0 Å². The minimum atomic E-state index is -0.109. The second kappa shape index (κ2) is 6.34. The third-order valence-corrected chi connectivity index (χ3v) is 4.14. The third-order valence-electron chi connectivity index (χ3n) is 3.39. The molecule has 6 heteroatoms. The molecule has 0 aliphatic carbocycles. The number of anilines is 1. The Bertz CT molecular complexity index is 508. The van der Waals surface area contributed by atoms with E-state index in [9.17, 15) is 4.79 Å². The molecule has 0 amide bonds. The Morgan fingerprint density at radius 2 is 2.53 bits per heavy atom. The summed E-state index contributed by atoms with van der Waals surface area (Å²) in [5.41, 5.74) is 0.767. The molecular weight excluding hydrogens is 308 g/mol. The average molecular weight is 327 g/mol. The minimum Gasteiger partial charge on any atom is -0.365 e. The molecule has 0 spiro atoms. The molecule has 1 aliphatic rings. The highest BCUT2D eigenvalue weighted by Crippen LogP contribution is 2.25. The first-order valence-corrected chi connectivity index (χ1v) is 7.32. The van der Waals surface area contributed by atoms with Crippen molar-refractivity contribution in [2.75, 3.05) is 24.5 Å². The van der Waals surface area contributed by atoms with Crippen LogP contribution in [0.25, 0.3) is 0 Å². The molecule has 19 heavy (non-hydrogen) atoms. The molecule has 2 rings (SSSR count). The van der Waals surface area contributed by atoms with E-state index in [0.29, 0.717) is 17.1 Å². The zero-order chi connectivity index (χ0) is 13.8.